The molecular formula is C37H48N8O5S2. The highest BCUT2D eigenvalue weighted by Gasteiger charge is 2.29. The zero-order valence-electron chi connectivity index (χ0n) is 30.1. The minimum atomic E-state index is -0.674. The number of benzene rings is 1. The van der Waals surface area contributed by atoms with Gasteiger partial charge in [-0.3, -0.25) is 14.4 Å². The number of nitrogens with one attached hydrogen (secondary N) is 4. The number of nitrogens with zero attached hydrogens (tertiary/aromatic N) is 4. The highest BCUT2D eigenvalue weighted by molar-refractivity contribution is 7.27. The topological polar surface area (TPSA) is 165 Å². The van der Waals surface area contributed by atoms with Crippen LogP contribution >= 0.6 is 22.7 Å². The van der Waals surface area contributed by atoms with Gasteiger partial charge < -0.3 is 35.1 Å². The van der Waals surface area contributed by atoms with Crippen LogP contribution in [-0.4, -0.2) is 93.4 Å². The number of H-pyrrole nitrogens is 2. The van der Waals surface area contributed by atoms with Crippen molar-refractivity contribution in [3.63, 3.8) is 0 Å². The van der Waals surface area contributed by atoms with E-state index < -0.39 is 12.1 Å². The zero-order valence-corrected chi connectivity index (χ0v) is 31.8. The molecule has 0 aliphatic carbocycles. The molecule has 0 spiro atoms. The van der Waals surface area contributed by atoms with Crippen molar-refractivity contribution in [1.29, 1.82) is 0 Å². The lowest BCUT2D eigenvalue weighted by molar-refractivity contribution is -0.132. The summed E-state index contributed by atoms with van der Waals surface area (Å²) >= 11 is 3.52. The number of methoxy groups -OCH3 is 1. The van der Waals surface area contributed by atoms with E-state index in [4.69, 9.17) is 0 Å². The van der Waals surface area contributed by atoms with Crippen LogP contribution in [0.5, 0.6) is 0 Å². The molecule has 52 heavy (non-hydrogen) atoms. The maximum Gasteiger partial charge on any atom is 0.407 e. The Labute approximate surface area is 312 Å². The molecule has 4 amide bonds. The quantitative estimate of drug-likeness (QED) is 0.145. The van der Waals surface area contributed by atoms with Crippen molar-refractivity contribution in [2.75, 3.05) is 39.8 Å². The second kappa shape index (κ2) is 20.7. The Balaban J connectivity index is 0.000000172. The molecule has 1 atom stereocenters. The lowest BCUT2D eigenvalue weighted by Crippen LogP contribution is -2.41. The Morgan fingerprint density at radius 3 is 1.77 bits per heavy atom. The third-order valence-corrected chi connectivity index (χ3v) is 10.2. The van der Waals surface area contributed by atoms with Crippen LogP contribution in [0.4, 0.5) is 4.79 Å². The molecule has 278 valence electrons. The number of thiophene rings is 2. The minimum Gasteiger partial charge on any atom is -0.453 e. The SMILES string of the molecule is CC(=O)NCC(=O)N1CCCC1.CCC.COC(=O)NC(C(=O)N1CCCC1)c1ccccc1.c1ncc(-c2csc3c(-c4cnc[nH]4)csc23)[nH]1. The number of hydrogen-bond donors (Lipinski definition) is 4. The van der Waals surface area contributed by atoms with Gasteiger partial charge in [-0.1, -0.05) is 50.6 Å². The predicted octanol–water partition coefficient (Wildman–Crippen LogP) is 6.61. The summed E-state index contributed by atoms with van der Waals surface area (Å²) in [6.07, 6.45) is 12.0. The fourth-order valence-corrected chi connectivity index (χ4v) is 7.93. The number of carbonyl (C=O) groups is 4. The molecule has 2 fully saturated rings. The summed E-state index contributed by atoms with van der Waals surface area (Å²) < 4.78 is 7.19. The molecule has 4 N–H and O–H groups in total. The van der Waals surface area contributed by atoms with Crippen molar-refractivity contribution >= 4 is 55.9 Å². The number of aromatic amines is 2. The normalized spacial score (nSPS) is 13.8. The van der Waals surface area contributed by atoms with Crippen LogP contribution in [0.3, 0.4) is 0 Å². The van der Waals surface area contributed by atoms with Crippen LogP contribution in [0.25, 0.3) is 31.9 Å². The van der Waals surface area contributed by atoms with E-state index in [1.165, 1.54) is 41.0 Å². The number of carbonyl (C=O) groups excluding carboxylic acids is 4. The Morgan fingerprint density at radius 1 is 0.827 bits per heavy atom. The van der Waals surface area contributed by atoms with Gasteiger partial charge in [-0.25, -0.2) is 14.8 Å². The number of fused-ring (bicyclic) bond motifs is 1. The molecule has 4 aromatic heterocycles. The Morgan fingerprint density at radius 2 is 1.33 bits per heavy atom. The van der Waals surface area contributed by atoms with Gasteiger partial charge in [0.05, 0.1) is 59.5 Å². The van der Waals surface area contributed by atoms with Gasteiger partial charge >= 0.3 is 6.09 Å². The van der Waals surface area contributed by atoms with Gasteiger partial charge in [0.2, 0.25) is 17.7 Å². The first-order valence-electron chi connectivity index (χ1n) is 17.4. The standard InChI is InChI=1S/C14H18N2O3.C12H8N4S2.C8H14N2O2.C3H8/c1-19-14(18)15-12(11-7-3-2-4-8-11)13(17)16-9-5-6-10-16;1-9(15-5-13-1)7-3-17-12-8(4-18-11(7)12)10-2-14-6-16-10;1-7(11)9-6-8(12)10-4-2-3-5-10;1-3-2/h2-4,7-8,12H,5-6,9-10H2,1H3,(H,15,18);1-6H,(H,13,15)(H,14,16);2-6H2,1H3,(H,9,11);3H2,1-2H3. The van der Waals surface area contributed by atoms with Gasteiger partial charge in [-0.15, -0.1) is 22.7 Å². The van der Waals surface area contributed by atoms with E-state index in [0.29, 0.717) is 0 Å². The van der Waals surface area contributed by atoms with Gasteiger partial charge in [0.15, 0.2) is 0 Å². The van der Waals surface area contributed by atoms with Gasteiger partial charge in [-0.05, 0) is 31.2 Å². The van der Waals surface area contributed by atoms with Gasteiger partial charge in [-0.2, -0.15) is 0 Å². The van der Waals surface area contributed by atoms with Crippen LogP contribution in [-0.2, 0) is 19.1 Å². The Hall–Kier alpha value is -5.02. The van der Waals surface area contributed by atoms with Crippen molar-refractivity contribution in [2.45, 2.75) is 58.9 Å². The molecule has 15 heteroatoms. The van der Waals surface area contributed by atoms with Gasteiger partial charge in [0.1, 0.15) is 6.04 Å². The monoisotopic (exact) mass is 748 g/mol. The highest BCUT2D eigenvalue weighted by Crippen LogP contribution is 2.42. The molecule has 0 bridgehead atoms. The second-order valence-electron chi connectivity index (χ2n) is 12.1. The number of rotatable bonds is 7. The van der Waals surface area contributed by atoms with Crippen molar-refractivity contribution in [3.05, 3.63) is 71.7 Å². The molecular weight excluding hydrogens is 701 g/mol. The number of likely N-dealkylation sites (tertiary alicyclic amines) is 2. The number of alkyl carbamates (subject to hydrolysis) is 1. The van der Waals surface area contributed by atoms with E-state index in [1.54, 1.807) is 45.1 Å². The van der Waals surface area contributed by atoms with Crippen molar-refractivity contribution in [3.8, 4) is 22.5 Å². The van der Waals surface area contributed by atoms with Crippen molar-refractivity contribution < 1.29 is 23.9 Å². The molecule has 2 aliphatic rings. The van der Waals surface area contributed by atoms with Crippen LogP contribution < -0.4 is 10.6 Å². The lowest BCUT2D eigenvalue weighted by Gasteiger charge is -2.23. The van der Waals surface area contributed by atoms with E-state index in [0.717, 1.165) is 68.8 Å². The average molecular weight is 749 g/mol. The second-order valence-corrected chi connectivity index (χ2v) is 13.9. The van der Waals surface area contributed by atoms with Gasteiger partial charge in [0.25, 0.3) is 0 Å². The largest absolute Gasteiger partial charge is 0.453 e. The summed E-state index contributed by atoms with van der Waals surface area (Å²) in [7, 11) is 1.29. The summed E-state index contributed by atoms with van der Waals surface area (Å²) in [5, 5.41) is 9.45. The molecule has 1 aromatic carbocycles. The third kappa shape index (κ3) is 11.2. The summed E-state index contributed by atoms with van der Waals surface area (Å²) in [4.78, 5) is 63.7. The number of hydrogen-bond acceptors (Lipinski definition) is 9. The van der Waals surface area contributed by atoms with Crippen molar-refractivity contribution in [2.24, 2.45) is 0 Å². The lowest BCUT2D eigenvalue weighted by atomic mass is 10.1. The van der Waals surface area contributed by atoms with Crippen molar-refractivity contribution in [1.82, 2.24) is 40.4 Å². The maximum atomic E-state index is 12.5. The number of amides is 4. The van der Waals surface area contributed by atoms with E-state index >= 15 is 0 Å². The van der Waals surface area contributed by atoms with Crippen LogP contribution in [0.2, 0.25) is 0 Å². The third-order valence-electron chi connectivity index (χ3n) is 8.05. The average Bonchev–Trinajstić information content (AvgIpc) is 4.01. The van der Waals surface area contributed by atoms with E-state index in [2.05, 4.69) is 59.9 Å². The summed E-state index contributed by atoms with van der Waals surface area (Å²) in [5.74, 6) is -0.195. The number of imidazole rings is 2. The molecule has 0 saturated carbocycles. The fraction of sp³-hybridized carbons (Fsp3) is 0.405. The predicted molar refractivity (Wildman–Crippen MR) is 206 cm³/mol. The number of aromatic nitrogens is 4. The summed E-state index contributed by atoms with van der Waals surface area (Å²) in [5.41, 5.74) is 5.36. The minimum absolute atomic E-state index is 0.0303. The van der Waals surface area contributed by atoms with Gasteiger partial charge in [0, 0.05) is 55.0 Å². The first kappa shape index (κ1) is 39.8. The molecule has 2 aliphatic heterocycles. The van der Waals surface area contributed by atoms with E-state index in [-0.39, 0.29) is 24.3 Å². The smallest absolute Gasteiger partial charge is 0.407 e. The summed E-state index contributed by atoms with van der Waals surface area (Å²) in [6.45, 7) is 9.01. The maximum absolute atomic E-state index is 12.5. The fourth-order valence-electron chi connectivity index (χ4n) is 5.51. The number of ether oxygens (including phenoxy) is 1. The molecule has 7 rings (SSSR count). The molecule has 0 radical (unpaired) electrons. The zero-order chi connectivity index (χ0) is 37.3. The van der Waals surface area contributed by atoms with E-state index in [9.17, 15) is 19.2 Å². The van der Waals surface area contributed by atoms with Crippen LogP contribution in [0.15, 0.2) is 66.1 Å². The molecule has 5 aromatic rings. The highest BCUT2D eigenvalue weighted by atomic mass is 32.1. The van der Waals surface area contributed by atoms with E-state index in [1.807, 2.05) is 42.7 Å². The summed E-state index contributed by atoms with van der Waals surface area (Å²) in [6, 6.07) is 8.55. The van der Waals surface area contributed by atoms with Crippen LogP contribution in [0, 0.1) is 0 Å². The molecule has 13 nitrogen and oxygen atoms in total. The Bertz CT molecular complexity index is 1740. The molecule has 6 heterocycles. The molecule has 2 saturated heterocycles. The first-order chi connectivity index (χ1) is 25.3. The molecule has 1 unspecified atom stereocenters. The van der Waals surface area contributed by atoms with Crippen LogP contribution in [0.1, 0.15) is 64.5 Å². The Kier molecular flexibility index (Phi) is 15.9. The first-order valence-corrected chi connectivity index (χ1v) is 19.2.